The van der Waals surface area contributed by atoms with Crippen molar-refractivity contribution in [3.63, 3.8) is 0 Å². The van der Waals surface area contributed by atoms with Gasteiger partial charge in [0.25, 0.3) is 5.97 Å². The monoisotopic (exact) mass is 130 g/mol. The first-order chi connectivity index (χ1) is 3.77. The van der Waals surface area contributed by atoms with E-state index in [0.717, 1.165) is 0 Å². The number of hydrogen-bond acceptors (Lipinski definition) is 2. The van der Waals surface area contributed by atoms with Gasteiger partial charge >= 0.3 is 0 Å². The van der Waals surface area contributed by atoms with E-state index in [-0.39, 0.29) is 6.32 Å². The van der Waals surface area contributed by atoms with Gasteiger partial charge in [-0.3, -0.25) is 9.54 Å². The summed E-state index contributed by atoms with van der Waals surface area (Å²) in [5.74, 6) is -0.819. The Morgan fingerprint density at radius 2 is 2.50 bits per heavy atom. The van der Waals surface area contributed by atoms with Gasteiger partial charge in [-0.1, -0.05) is 0 Å². The van der Waals surface area contributed by atoms with Gasteiger partial charge in [-0.15, -0.1) is 0 Å². The number of carboxylic acid groups (broad SMARTS) is 1. The van der Waals surface area contributed by atoms with Crippen molar-refractivity contribution in [3.8, 4) is 0 Å². The van der Waals surface area contributed by atoms with Crippen LogP contribution in [0.15, 0.2) is 4.74 Å². The first-order valence-electron chi connectivity index (χ1n) is 2.14. The second-order valence-corrected chi connectivity index (χ2v) is 1.54. The van der Waals surface area contributed by atoms with Crippen LogP contribution in [0.25, 0.3) is 0 Å². The molecule has 0 aliphatic rings. The van der Waals surface area contributed by atoms with E-state index in [1.807, 2.05) is 0 Å². The number of carboxylic acids is 1. The summed E-state index contributed by atoms with van der Waals surface area (Å²) in [6, 6.07) is 0. The second-order valence-electron chi connectivity index (χ2n) is 1.23. The van der Waals surface area contributed by atoms with Gasteiger partial charge in [-0.05, 0) is 9.03 Å². The average Bonchev–Trinajstić information content (AvgIpc) is 1.66. The molecule has 0 unspecified atom stereocenters. The fourth-order valence-corrected chi connectivity index (χ4v) is 0.382. The molecule has 1 radical (unpaired) electrons. The molecule has 0 rings (SSSR count). The van der Waals surface area contributed by atoms with Crippen molar-refractivity contribution in [1.29, 1.82) is 0 Å². The van der Waals surface area contributed by atoms with Crippen molar-refractivity contribution in [2.45, 2.75) is 6.32 Å². The maximum Gasteiger partial charge on any atom is 0.295 e. The lowest BCUT2D eigenvalue weighted by Crippen LogP contribution is -2.02. The Morgan fingerprint density at radius 3 is 2.88 bits per heavy atom. The molecule has 0 aromatic rings. The van der Waals surface area contributed by atoms with Crippen LogP contribution >= 0.6 is 9.03 Å². The molecule has 0 heterocycles. The number of nitrogens with zero attached hydrogens (tertiary/aromatic N) is 1. The standard InChI is InChI=1S/C3H6BNO2P/c6-3(7)1-4-2-5-8/h8H,1-2H2,(H,6,7). The van der Waals surface area contributed by atoms with E-state index in [1.165, 1.54) is 0 Å². The molecule has 0 aromatic carbocycles. The molecule has 0 amide bonds. The van der Waals surface area contributed by atoms with Gasteiger partial charge in [0.2, 0.25) is 0 Å². The smallest absolute Gasteiger partial charge is 0.295 e. The van der Waals surface area contributed by atoms with Gasteiger partial charge in [0.1, 0.15) is 0 Å². The highest BCUT2D eigenvalue weighted by Gasteiger charge is 1.94. The molecule has 0 bridgehead atoms. The zero-order chi connectivity index (χ0) is 6.41. The third kappa shape index (κ3) is 5.63. The SMILES string of the molecule is O=C(O)C[B]CN=P. The van der Waals surface area contributed by atoms with Crippen molar-refractivity contribution >= 4 is 22.3 Å². The van der Waals surface area contributed by atoms with E-state index in [4.69, 9.17) is 5.11 Å². The van der Waals surface area contributed by atoms with E-state index in [0.29, 0.717) is 6.44 Å². The van der Waals surface area contributed by atoms with E-state index in [1.54, 1.807) is 7.28 Å². The quantitative estimate of drug-likeness (QED) is 0.341. The summed E-state index contributed by atoms with van der Waals surface area (Å²) in [4.78, 5) is 9.79. The Kier molecular flexibility index (Phi) is 4.57. The van der Waals surface area contributed by atoms with Crippen molar-refractivity contribution in [1.82, 2.24) is 0 Å². The summed E-state index contributed by atoms with van der Waals surface area (Å²) in [7, 11) is 4.41. The van der Waals surface area contributed by atoms with Crippen LogP contribution in [0.5, 0.6) is 0 Å². The van der Waals surface area contributed by atoms with Crippen molar-refractivity contribution < 1.29 is 9.90 Å². The highest BCUT2D eigenvalue weighted by molar-refractivity contribution is 7.04. The van der Waals surface area contributed by atoms with Gasteiger partial charge < -0.3 is 5.11 Å². The largest absolute Gasteiger partial charge is 0.482 e. The molecule has 0 saturated heterocycles. The van der Waals surface area contributed by atoms with Gasteiger partial charge in [0.15, 0.2) is 7.28 Å². The Hall–Kier alpha value is -0.365. The van der Waals surface area contributed by atoms with Crippen LogP contribution in [0.4, 0.5) is 0 Å². The lowest BCUT2D eigenvalue weighted by molar-refractivity contribution is -0.134. The first kappa shape index (κ1) is 7.63. The van der Waals surface area contributed by atoms with Crippen LogP contribution in [0.3, 0.4) is 0 Å². The van der Waals surface area contributed by atoms with Gasteiger partial charge in [-0.2, -0.15) is 0 Å². The van der Waals surface area contributed by atoms with Crippen molar-refractivity contribution in [2.75, 3.05) is 6.44 Å². The average molecular weight is 130 g/mol. The van der Waals surface area contributed by atoms with Crippen molar-refractivity contribution in [2.24, 2.45) is 4.74 Å². The Morgan fingerprint density at radius 1 is 1.88 bits per heavy atom. The predicted molar refractivity (Wildman–Crippen MR) is 33.8 cm³/mol. The van der Waals surface area contributed by atoms with E-state index >= 15 is 0 Å². The van der Waals surface area contributed by atoms with Gasteiger partial charge in [-0.25, -0.2) is 0 Å². The van der Waals surface area contributed by atoms with Crippen LogP contribution in [0, 0.1) is 0 Å². The summed E-state index contributed by atoms with van der Waals surface area (Å²) in [5, 5.41) is 8.05. The van der Waals surface area contributed by atoms with E-state index in [9.17, 15) is 4.79 Å². The molecule has 1 N–H and O–H groups in total. The zero-order valence-corrected chi connectivity index (χ0v) is 5.29. The molecule has 0 aliphatic carbocycles. The molecule has 0 aromatic heterocycles. The highest BCUT2D eigenvalue weighted by atomic mass is 31.0. The molecule has 5 heteroatoms. The Balaban J connectivity index is 2.93. The zero-order valence-electron chi connectivity index (χ0n) is 4.29. The summed E-state index contributed by atoms with van der Waals surface area (Å²) >= 11 is 0. The van der Waals surface area contributed by atoms with Crippen molar-refractivity contribution in [3.05, 3.63) is 0 Å². The normalized spacial score (nSPS) is 8.00. The number of aliphatic carboxylic acids is 1. The highest BCUT2D eigenvalue weighted by Crippen LogP contribution is 1.79. The van der Waals surface area contributed by atoms with Crippen LogP contribution in [-0.4, -0.2) is 24.8 Å². The lowest BCUT2D eigenvalue weighted by atomic mass is 9.75. The summed E-state index contributed by atoms with van der Waals surface area (Å²) in [6.07, 6.45) is 0.525. The number of hydrogen-bond donors (Lipinski definition) is 1. The third-order valence-electron chi connectivity index (χ3n) is 0.539. The number of carbonyl (C=O) groups is 1. The fourth-order valence-electron chi connectivity index (χ4n) is 0.253. The first-order valence-corrected chi connectivity index (χ1v) is 2.58. The van der Waals surface area contributed by atoms with Gasteiger partial charge in [0.05, 0.1) is 0 Å². The fraction of sp³-hybridized carbons (Fsp3) is 0.667. The molecule has 0 fully saturated rings. The minimum absolute atomic E-state index is 0.0774. The Labute approximate surface area is 50.6 Å². The third-order valence-corrected chi connectivity index (χ3v) is 0.722. The van der Waals surface area contributed by atoms with Crippen LogP contribution in [0.1, 0.15) is 0 Å². The molecule has 0 aliphatic heterocycles. The Bertz CT molecular complexity index is 97.3. The maximum absolute atomic E-state index is 9.79. The van der Waals surface area contributed by atoms with Crippen LogP contribution < -0.4 is 0 Å². The molecule has 43 valence electrons. The predicted octanol–water partition coefficient (Wildman–Crippen LogP) is 0.477. The van der Waals surface area contributed by atoms with Gasteiger partial charge in [0, 0.05) is 12.8 Å². The molecule has 0 atom stereocenters. The summed E-state index contributed by atoms with van der Waals surface area (Å²) < 4.78 is 3.49. The van der Waals surface area contributed by atoms with Crippen LogP contribution in [-0.2, 0) is 4.79 Å². The molecular weight excluding hydrogens is 124 g/mol. The maximum atomic E-state index is 9.79. The summed E-state index contributed by atoms with van der Waals surface area (Å²) in [5.41, 5.74) is 0. The van der Waals surface area contributed by atoms with E-state index < -0.39 is 5.97 Å². The van der Waals surface area contributed by atoms with E-state index in [2.05, 4.69) is 13.8 Å². The molecular formula is C3H6BNO2P. The van der Waals surface area contributed by atoms with Crippen LogP contribution in [0.2, 0.25) is 6.32 Å². The molecule has 0 saturated carbocycles. The summed E-state index contributed by atoms with van der Waals surface area (Å²) in [6.45, 7) is 0. The molecule has 8 heavy (non-hydrogen) atoms. The minimum atomic E-state index is -0.819. The topological polar surface area (TPSA) is 49.7 Å². The molecule has 0 spiro atoms. The minimum Gasteiger partial charge on any atom is -0.482 e. The number of rotatable bonds is 4. The molecule has 3 nitrogen and oxygen atoms in total. The second kappa shape index (κ2) is 4.79. The lowest BCUT2D eigenvalue weighted by Gasteiger charge is -1.84.